The number of aromatic nitrogens is 1. The summed E-state index contributed by atoms with van der Waals surface area (Å²) in [6, 6.07) is 9.76. The van der Waals surface area contributed by atoms with E-state index in [0.717, 1.165) is 0 Å². The number of aryl methyl sites for hydroxylation is 1. The number of carboxylic acid groups (broad SMARTS) is 1. The normalized spacial score (nSPS) is 9.00. The average molecular weight is 231 g/mol. The lowest BCUT2D eigenvalue weighted by Crippen LogP contribution is -1.95. The van der Waals surface area contributed by atoms with Crippen molar-refractivity contribution in [2.75, 3.05) is 0 Å². The number of carboxylic acids is 1. The van der Waals surface area contributed by atoms with Crippen molar-refractivity contribution >= 4 is 5.97 Å². The molecule has 0 aliphatic rings. The van der Waals surface area contributed by atoms with E-state index in [4.69, 9.17) is 10.2 Å². The fourth-order valence-electron chi connectivity index (χ4n) is 1.10. The van der Waals surface area contributed by atoms with Gasteiger partial charge in [-0.05, 0) is 30.7 Å². The Bertz CT molecular complexity index is 483. The Kier molecular flexibility index (Phi) is 4.69. The summed E-state index contributed by atoms with van der Waals surface area (Å²) in [4.78, 5) is 14.1. The predicted molar refractivity (Wildman–Crippen MR) is 64.0 cm³/mol. The molecule has 0 radical (unpaired) electrons. The van der Waals surface area contributed by atoms with Gasteiger partial charge in [-0.15, -0.1) is 0 Å². The van der Waals surface area contributed by atoms with Crippen LogP contribution in [0.5, 0.6) is 5.75 Å². The molecular weight excluding hydrogens is 218 g/mol. The lowest BCUT2D eigenvalue weighted by Gasteiger charge is -1.95. The second kappa shape index (κ2) is 6.27. The summed E-state index contributed by atoms with van der Waals surface area (Å²) >= 11 is 0. The van der Waals surface area contributed by atoms with E-state index in [-0.39, 0.29) is 11.3 Å². The molecule has 0 aliphatic carbocycles. The van der Waals surface area contributed by atoms with Gasteiger partial charge in [0.15, 0.2) is 0 Å². The molecule has 0 amide bonds. The Morgan fingerprint density at radius 2 is 1.88 bits per heavy atom. The van der Waals surface area contributed by atoms with Gasteiger partial charge in [0, 0.05) is 12.4 Å². The number of hydrogen-bond donors (Lipinski definition) is 2. The van der Waals surface area contributed by atoms with E-state index < -0.39 is 5.97 Å². The molecule has 2 N–H and O–H groups in total. The van der Waals surface area contributed by atoms with Crippen molar-refractivity contribution in [3.8, 4) is 5.75 Å². The van der Waals surface area contributed by atoms with Gasteiger partial charge in [0.2, 0.25) is 0 Å². The maximum absolute atomic E-state index is 10.3. The number of phenols is 1. The molecule has 2 aromatic rings. The highest BCUT2D eigenvalue weighted by molar-refractivity contribution is 5.90. The average Bonchev–Trinajstić information content (AvgIpc) is 2.31. The van der Waals surface area contributed by atoms with Crippen LogP contribution >= 0.6 is 0 Å². The van der Waals surface area contributed by atoms with Crippen molar-refractivity contribution in [2.24, 2.45) is 0 Å². The van der Waals surface area contributed by atoms with Crippen molar-refractivity contribution in [1.29, 1.82) is 0 Å². The van der Waals surface area contributed by atoms with Gasteiger partial charge in [-0.1, -0.05) is 18.2 Å². The minimum Gasteiger partial charge on any atom is -0.507 e. The lowest BCUT2D eigenvalue weighted by atomic mass is 10.2. The third-order valence-corrected chi connectivity index (χ3v) is 1.94. The van der Waals surface area contributed by atoms with Crippen LogP contribution in [-0.2, 0) is 0 Å². The molecule has 1 aromatic carbocycles. The standard InChI is InChI=1S/C7H6O3.C6H7N/c8-6-4-2-1-3-5(6)7(9)10;1-6-3-2-4-7-5-6/h1-4,8H,(H,9,10);2-5H,1H3. The number of nitrogens with zero attached hydrogens (tertiary/aromatic N) is 1. The summed E-state index contributed by atoms with van der Waals surface area (Å²) in [5.41, 5.74) is 1.14. The molecule has 1 heterocycles. The molecule has 0 atom stereocenters. The minimum absolute atomic E-state index is 0.0671. The molecule has 0 saturated heterocycles. The highest BCUT2D eigenvalue weighted by Crippen LogP contribution is 2.14. The zero-order chi connectivity index (χ0) is 12.7. The Labute approximate surface area is 99.2 Å². The molecule has 4 nitrogen and oxygen atoms in total. The van der Waals surface area contributed by atoms with Crippen LogP contribution in [-0.4, -0.2) is 21.2 Å². The molecule has 0 saturated carbocycles. The third-order valence-electron chi connectivity index (χ3n) is 1.94. The molecule has 88 valence electrons. The van der Waals surface area contributed by atoms with Gasteiger partial charge in [0.1, 0.15) is 11.3 Å². The predicted octanol–water partition coefficient (Wildman–Crippen LogP) is 2.48. The van der Waals surface area contributed by atoms with Crippen LogP contribution in [0.4, 0.5) is 0 Å². The highest BCUT2D eigenvalue weighted by atomic mass is 16.4. The van der Waals surface area contributed by atoms with E-state index >= 15 is 0 Å². The topological polar surface area (TPSA) is 70.4 Å². The van der Waals surface area contributed by atoms with Crippen LogP contribution in [0.25, 0.3) is 0 Å². The van der Waals surface area contributed by atoms with Gasteiger partial charge in [-0.2, -0.15) is 0 Å². The molecule has 1 aromatic heterocycles. The first kappa shape index (κ1) is 12.7. The third kappa shape index (κ3) is 4.34. The molecular formula is C13H13NO3. The van der Waals surface area contributed by atoms with Gasteiger partial charge in [0.25, 0.3) is 0 Å². The first-order chi connectivity index (χ1) is 8.11. The summed E-state index contributed by atoms with van der Waals surface area (Å²) in [5, 5.41) is 17.3. The summed E-state index contributed by atoms with van der Waals surface area (Å²) < 4.78 is 0. The number of benzene rings is 1. The maximum Gasteiger partial charge on any atom is 0.339 e. The zero-order valence-corrected chi connectivity index (χ0v) is 9.37. The van der Waals surface area contributed by atoms with E-state index in [1.165, 1.54) is 17.7 Å². The number of rotatable bonds is 1. The summed E-state index contributed by atoms with van der Waals surface area (Å²) in [5.74, 6) is -1.31. The Morgan fingerprint density at radius 1 is 1.18 bits per heavy atom. The van der Waals surface area contributed by atoms with Gasteiger partial charge < -0.3 is 10.2 Å². The number of carbonyl (C=O) groups is 1. The quantitative estimate of drug-likeness (QED) is 0.791. The Hall–Kier alpha value is -2.36. The van der Waals surface area contributed by atoms with Gasteiger partial charge in [0.05, 0.1) is 0 Å². The molecule has 0 unspecified atom stereocenters. The van der Waals surface area contributed by atoms with Crippen LogP contribution in [0.1, 0.15) is 15.9 Å². The molecule has 2 rings (SSSR count). The fourth-order valence-corrected chi connectivity index (χ4v) is 1.10. The summed E-state index contributed by atoms with van der Waals surface area (Å²) in [6.07, 6.45) is 3.60. The van der Waals surface area contributed by atoms with Crippen molar-refractivity contribution in [1.82, 2.24) is 4.98 Å². The van der Waals surface area contributed by atoms with Crippen LogP contribution in [0, 0.1) is 6.92 Å². The SMILES string of the molecule is Cc1cccnc1.O=C(O)c1ccccc1O. The van der Waals surface area contributed by atoms with Gasteiger partial charge in [-0.3, -0.25) is 4.98 Å². The Morgan fingerprint density at radius 3 is 2.24 bits per heavy atom. The summed E-state index contributed by atoms with van der Waals surface area (Å²) in [6.45, 7) is 2.02. The van der Waals surface area contributed by atoms with Crippen molar-refractivity contribution in [3.63, 3.8) is 0 Å². The second-order valence-electron chi connectivity index (χ2n) is 3.35. The van der Waals surface area contributed by atoms with Crippen molar-refractivity contribution < 1.29 is 15.0 Å². The molecule has 0 fully saturated rings. The first-order valence-corrected chi connectivity index (χ1v) is 4.99. The molecule has 17 heavy (non-hydrogen) atoms. The number of para-hydroxylation sites is 1. The second-order valence-corrected chi connectivity index (χ2v) is 3.35. The van der Waals surface area contributed by atoms with Crippen molar-refractivity contribution in [2.45, 2.75) is 6.92 Å². The first-order valence-electron chi connectivity index (χ1n) is 4.99. The van der Waals surface area contributed by atoms with Crippen LogP contribution in [0.15, 0.2) is 48.8 Å². The molecule has 0 aliphatic heterocycles. The molecule has 4 heteroatoms. The van der Waals surface area contributed by atoms with Crippen LogP contribution < -0.4 is 0 Å². The van der Waals surface area contributed by atoms with Crippen molar-refractivity contribution in [3.05, 3.63) is 59.9 Å². The van der Waals surface area contributed by atoms with Crippen LogP contribution in [0.2, 0.25) is 0 Å². The van der Waals surface area contributed by atoms with Gasteiger partial charge in [-0.25, -0.2) is 4.79 Å². The zero-order valence-electron chi connectivity index (χ0n) is 9.37. The molecule has 0 spiro atoms. The lowest BCUT2D eigenvalue weighted by molar-refractivity contribution is 0.0694. The number of hydrogen-bond acceptors (Lipinski definition) is 3. The monoisotopic (exact) mass is 231 g/mol. The largest absolute Gasteiger partial charge is 0.507 e. The highest BCUT2D eigenvalue weighted by Gasteiger charge is 2.05. The van der Waals surface area contributed by atoms with E-state index in [0.29, 0.717) is 0 Å². The van der Waals surface area contributed by atoms with E-state index in [2.05, 4.69) is 4.98 Å². The van der Waals surface area contributed by atoms with E-state index in [1.54, 1.807) is 18.3 Å². The minimum atomic E-state index is -1.11. The van der Waals surface area contributed by atoms with E-state index in [9.17, 15) is 4.79 Å². The smallest absolute Gasteiger partial charge is 0.339 e. The summed E-state index contributed by atoms with van der Waals surface area (Å²) in [7, 11) is 0. The number of aromatic carboxylic acids is 1. The molecule has 0 bridgehead atoms. The number of pyridine rings is 1. The Balaban J connectivity index is 0.000000181. The maximum atomic E-state index is 10.3. The fraction of sp³-hybridized carbons (Fsp3) is 0.0769. The number of aromatic hydroxyl groups is 1. The van der Waals surface area contributed by atoms with Gasteiger partial charge >= 0.3 is 5.97 Å². The van der Waals surface area contributed by atoms with Crippen LogP contribution in [0.3, 0.4) is 0 Å². The van der Waals surface area contributed by atoms with E-state index in [1.807, 2.05) is 25.3 Å².